The molecular formula is C22H33NO6S. The van der Waals surface area contributed by atoms with E-state index in [0.29, 0.717) is 17.9 Å². The fraction of sp³-hybridized carbons (Fsp3) is 0.682. The molecule has 2 N–H and O–H groups in total. The Morgan fingerprint density at radius 1 is 1.30 bits per heavy atom. The van der Waals surface area contributed by atoms with E-state index in [1.165, 1.54) is 18.9 Å². The highest BCUT2D eigenvalue weighted by Crippen LogP contribution is 2.48. The van der Waals surface area contributed by atoms with E-state index in [4.69, 9.17) is 9.47 Å². The van der Waals surface area contributed by atoms with Gasteiger partial charge in [0.15, 0.2) is 0 Å². The van der Waals surface area contributed by atoms with Crippen molar-refractivity contribution in [2.75, 3.05) is 11.9 Å². The van der Waals surface area contributed by atoms with Crippen LogP contribution in [0.4, 0.5) is 10.5 Å². The van der Waals surface area contributed by atoms with Gasteiger partial charge in [-0.25, -0.2) is 4.79 Å². The van der Waals surface area contributed by atoms with E-state index < -0.39 is 21.8 Å². The van der Waals surface area contributed by atoms with Gasteiger partial charge >= 0.3 is 6.09 Å². The van der Waals surface area contributed by atoms with Crippen LogP contribution in [0.5, 0.6) is 0 Å². The number of benzene rings is 1. The summed E-state index contributed by atoms with van der Waals surface area (Å²) >= 11 is 0. The van der Waals surface area contributed by atoms with Crippen LogP contribution in [0, 0.1) is 12.8 Å². The summed E-state index contributed by atoms with van der Waals surface area (Å²) in [6.07, 6.45) is 6.28. The van der Waals surface area contributed by atoms with Gasteiger partial charge in [0, 0.05) is 0 Å². The lowest BCUT2D eigenvalue weighted by Gasteiger charge is -2.29. The van der Waals surface area contributed by atoms with Gasteiger partial charge in [-0.1, -0.05) is 6.07 Å². The zero-order valence-corrected chi connectivity index (χ0v) is 19.1. The summed E-state index contributed by atoms with van der Waals surface area (Å²) in [6, 6.07) is 2.96. The number of ether oxygens (including phenoxy) is 2. The second kappa shape index (κ2) is 8.48. The van der Waals surface area contributed by atoms with Crippen LogP contribution in [0.25, 0.3) is 0 Å². The van der Waals surface area contributed by atoms with Crippen molar-refractivity contribution >= 4 is 21.9 Å². The molecule has 1 aromatic carbocycles. The minimum absolute atomic E-state index is 0.101. The lowest BCUT2D eigenvalue weighted by Crippen LogP contribution is -2.28. The molecule has 0 aromatic heterocycles. The van der Waals surface area contributed by atoms with Gasteiger partial charge in [-0.2, -0.15) is 8.42 Å². The van der Waals surface area contributed by atoms with Gasteiger partial charge in [0.05, 0.1) is 17.9 Å². The fourth-order valence-electron chi connectivity index (χ4n) is 4.06. The van der Waals surface area contributed by atoms with Crippen LogP contribution in [-0.2, 0) is 26.0 Å². The van der Waals surface area contributed by atoms with Crippen molar-refractivity contribution < 1.29 is 27.2 Å². The number of nitrogens with one attached hydrogen (secondary N) is 1. The smallest absolute Gasteiger partial charge is 0.412 e. The van der Waals surface area contributed by atoms with Crippen LogP contribution < -0.4 is 5.32 Å². The second-order valence-electron chi connectivity index (χ2n) is 9.63. The highest BCUT2D eigenvalue weighted by molar-refractivity contribution is 7.86. The summed E-state index contributed by atoms with van der Waals surface area (Å²) < 4.78 is 44.8. The van der Waals surface area contributed by atoms with Gasteiger partial charge in [-0.05, 0) is 95.8 Å². The van der Waals surface area contributed by atoms with Crippen LogP contribution in [-0.4, -0.2) is 36.9 Å². The van der Waals surface area contributed by atoms with Crippen molar-refractivity contribution in [1.82, 2.24) is 0 Å². The van der Waals surface area contributed by atoms with E-state index in [1.807, 2.05) is 6.92 Å². The van der Waals surface area contributed by atoms with Crippen LogP contribution in [0.15, 0.2) is 17.0 Å². The molecule has 1 spiro atoms. The van der Waals surface area contributed by atoms with Crippen LogP contribution >= 0.6 is 0 Å². The Hall–Kier alpha value is -1.64. The van der Waals surface area contributed by atoms with Gasteiger partial charge in [0.1, 0.15) is 10.5 Å². The first-order chi connectivity index (χ1) is 13.9. The molecule has 0 radical (unpaired) electrons. The van der Waals surface area contributed by atoms with Gasteiger partial charge in [0.25, 0.3) is 10.1 Å². The van der Waals surface area contributed by atoms with Crippen molar-refractivity contribution in [2.45, 2.75) is 88.7 Å². The average molecular weight is 440 g/mol. The first-order valence-corrected chi connectivity index (χ1v) is 12.1. The molecule has 1 aliphatic heterocycles. The minimum atomic E-state index is -4.50. The van der Waals surface area contributed by atoms with E-state index in [-0.39, 0.29) is 16.2 Å². The molecule has 1 aliphatic carbocycles. The largest absolute Gasteiger partial charge is 0.444 e. The van der Waals surface area contributed by atoms with E-state index in [1.54, 1.807) is 26.8 Å². The number of rotatable bonds is 6. The minimum Gasteiger partial charge on any atom is -0.444 e. The summed E-state index contributed by atoms with van der Waals surface area (Å²) in [4.78, 5) is 12.0. The molecule has 0 bridgehead atoms. The lowest BCUT2D eigenvalue weighted by molar-refractivity contribution is -0.0363. The van der Waals surface area contributed by atoms with Gasteiger partial charge < -0.3 is 9.47 Å². The number of anilines is 1. The molecule has 1 atom stereocenters. The summed E-state index contributed by atoms with van der Waals surface area (Å²) in [6.45, 7) is 7.83. The fourth-order valence-corrected chi connectivity index (χ4v) is 4.73. The van der Waals surface area contributed by atoms with Crippen molar-refractivity contribution in [1.29, 1.82) is 0 Å². The molecule has 30 heavy (non-hydrogen) atoms. The Balaban J connectivity index is 1.73. The topological polar surface area (TPSA) is 102 Å². The van der Waals surface area contributed by atoms with E-state index in [2.05, 4.69) is 5.32 Å². The maximum Gasteiger partial charge on any atom is 0.412 e. The number of hydrogen-bond donors (Lipinski definition) is 2. The number of aryl methyl sites for hydroxylation is 1. The Morgan fingerprint density at radius 2 is 2.00 bits per heavy atom. The molecule has 3 rings (SSSR count). The number of carbonyl (C=O) groups excluding carboxylic acids is 1. The molecule has 8 heteroatoms. The predicted octanol–water partition coefficient (Wildman–Crippen LogP) is 4.87. The van der Waals surface area contributed by atoms with Crippen LogP contribution in [0.2, 0.25) is 0 Å². The molecule has 1 saturated heterocycles. The zero-order valence-electron chi connectivity index (χ0n) is 18.3. The second-order valence-corrected chi connectivity index (χ2v) is 11.0. The number of hydrogen-bond acceptors (Lipinski definition) is 5. The summed E-state index contributed by atoms with van der Waals surface area (Å²) in [7, 11) is -4.50. The molecule has 1 amide bonds. The first-order valence-electron chi connectivity index (χ1n) is 10.6. The summed E-state index contributed by atoms with van der Waals surface area (Å²) in [5.41, 5.74) is 1.11. The van der Waals surface area contributed by atoms with Crippen molar-refractivity contribution in [3.63, 3.8) is 0 Å². The van der Waals surface area contributed by atoms with E-state index in [0.717, 1.165) is 37.9 Å². The third kappa shape index (κ3) is 5.95. The third-order valence-electron chi connectivity index (χ3n) is 5.89. The van der Waals surface area contributed by atoms with Gasteiger partial charge in [-0.15, -0.1) is 0 Å². The molecule has 1 heterocycles. The predicted molar refractivity (Wildman–Crippen MR) is 114 cm³/mol. The normalized spacial score (nSPS) is 20.8. The zero-order chi connectivity index (χ0) is 22.2. The summed E-state index contributed by atoms with van der Waals surface area (Å²) in [5.74, 6) is 0.503. The Morgan fingerprint density at radius 3 is 2.53 bits per heavy atom. The molecule has 7 nitrogen and oxygen atoms in total. The van der Waals surface area contributed by atoms with Crippen molar-refractivity contribution in [3.8, 4) is 0 Å². The van der Waals surface area contributed by atoms with E-state index in [9.17, 15) is 17.8 Å². The van der Waals surface area contributed by atoms with Crippen molar-refractivity contribution in [3.05, 3.63) is 23.3 Å². The van der Waals surface area contributed by atoms with Gasteiger partial charge in [-0.3, -0.25) is 9.87 Å². The third-order valence-corrected chi connectivity index (χ3v) is 6.79. The Labute approximate surface area is 179 Å². The standard InChI is InChI=1S/C22H33NO6S/c1-15-8-9-18(30(25,26)27)19(23-20(24)29-21(2,3)4)17(15)7-5-6-16-10-11-22(12-13-22)28-14-16/h8-9,16H,5-7,10-14H2,1-4H3,(H,23,24)(H,25,26,27)/t16-/m1/s1. The molecule has 2 fully saturated rings. The monoisotopic (exact) mass is 439 g/mol. The van der Waals surface area contributed by atoms with Gasteiger partial charge in [0.2, 0.25) is 0 Å². The van der Waals surface area contributed by atoms with Crippen LogP contribution in [0.1, 0.15) is 70.4 Å². The SMILES string of the molecule is Cc1ccc(S(=O)(=O)O)c(NC(=O)OC(C)(C)C)c1CCC[C@@H]1CCC2(CC2)OC1. The highest BCUT2D eigenvalue weighted by atomic mass is 32.2. The van der Waals surface area contributed by atoms with Crippen LogP contribution in [0.3, 0.4) is 0 Å². The molecule has 0 unspecified atom stereocenters. The summed E-state index contributed by atoms with van der Waals surface area (Å²) in [5, 5.41) is 2.57. The Kier molecular flexibility index (Phi) is 6.51. The average Bonchev–Trinajstić information content (AvgIpc) is 3.35. The number of amides is 1. The lowest BCUT2D eigenvalue weighted by atomic mass is 9.91. The Bertz CT molecular complexity index is 889. The molecule has 2 aliphatic rings. The highest BCUT2D eigenvalue weighted by Gasteiger charge is 2.46. The van der Waals surface area contributed by atoms with E-state index >= 15 is 0 Å². The molecule has 168 valence electrons. The molecule has 1 aromatic rings. The first kappa shape index (κ1) is 23.0. The molecule has 1 saturated carbocycles. The molecular weight excluding hydrogens is 406 g/mol. The maximum atomic E-state index is 12.3. The maximum absolute atomic E-state index is 12.3. The number of carbonyl (C=O) groups is 1. The quantitative estimate of drug-likeness (QED) is 0.613. The van der Waals surface area contributed by atoms with Crippen molar-refractivity contribution in [2.24, 2.45) is 5.92 Å².